The maximum absolute atomic E-state index is 12.0. The molecule has 2 rings (SSSR count). The van der Waals surface area contributed by atoms with Crippen LogP contribution in [0.25, 0.3) is 6.08 Å². The van der Waals surface area contributed by atoms with Crippen molar-refractivity contribution < 1.29 is 19.0 Å². The molecule has 2 N–H and O–H groups in total. The van der Waals surface area contributed by atoms with Crippen molar-refractivity contribution in [2.45, 2.75) is 6.92 Å². The number of carbonyl (C=O) groups excluding carboxylic acids is 1. The second-order valence-corrected chi connectivity index (χ2v) is 5.76. The van der Waals surface area contributed by atoms with Gasteiger partial charge in [-0.1, -0.05) is 12.1 Å². The van der Waals surface area contributed by atoms with Crippen molar-refractivity contribution in [2.24, 2.45) is 0 Å². The second kappa shape index (κ2) is 10.2. The zero-order valence-corrected chi connectivity index (χ0v) is 16.3. The van der Waals surface area contributed by atoms with Crippen molar-refractivity contribution in [3.8, 4) is 17.2 Å². The van der Waals surface area contributed by atoms with Crippen LogP contribution in [0.2, 0.25) is 0 Å². The van der Waals surface area contributed by atoms with Crippen molar-refractivity contribution in [3.63, 3.8) is 0 Å². The fraction of sp³-hybridized carbons (Fsp3) is 0.200. The molecule has 0 saturated carbocycles. The maximum Gasteiger partial charge on any atom is 0.250 e. The Labute approximate surface area is 164 Å². The van der Waals surface area contributed by atoms with Gasteiger partial charge in [-0.3, -0.25) is 10.1 Å². The van der Waals surface area contributed by atoms with Gasteiger partial charge >= 0.3 is 0 Å². The third-order valence-electron chi connectivity index (χ3n) is 3.50. The van der Waals surface area contributed by atoms with E-state index < -0.39 is 0 Å². The lowest BCUT2D eigenvalue weighted by molar-refractivity contribution is -0.115. The van der Waals surface area contributed by atoms with Crippen LogP contribution in [-0.4, -0.2) is 31.8 Å². The predicted octanol–water partition coefficient (Wildman–Crippen LogP) is 3.63. The van der Waals surface area contributed by atoms with Crippen LogP contribution in [0.3, 0.4) is 0 Å². The number of hydrogen-bond acceptors (Lipinski definition) is 5. The Hall–Kier alpha value is -3.06. The van der Waals surface area contributed by atoms with E-state index in [4.69, 9.17) is 26.4 Å². The minimum absolute atomic E-state index is 0.184. The first-order valence-corrected chi connectivity index (χ1v) is 8.71. The summed E-state index contributed by atoms with van der Waals surface area (Å²) in [5, 5.41) is 5.71. The Kier molecular flexibility index (Phi) is 7.63. The van der Waals surface area contributed by atoms with E-state index >= 15 is 0 Å². The van der Waals surface area contributed by atoms with Crippen molar-refractivity contribution in [3.05, 3.63) is 54.1 Å². The third kappa shape index (κ3) is 6.31. The second-order valence-electron chi connectivity index (χ2n) is 5.35. The molecule has 0 heterocycles. The van der Waals surface area contributed by atoms with Crippen molar-refractivity contribution in [1.82, 2.24) is 5.32 Å². The molecule has 0 atom stereocenters. The standard InChI is InChI=1S/C20H22N2O4S/c1-4-26-16-9-5-14(6-10-16)7-12-19(23)22-20(27)21-15-8-11-17(24-2)18(13-15)25-3/h5-13H,4H2,1-3H3,(H2,21,22,23,27)/b12-7+. The average molecular weight is 386 g/mol. The number of carbonyl (C=O) groups is 1. The number of thiocarbonyl (C=S) groups is 1. The van der Waals surface area contributed by atoms with Gasteiger partial charge in [-0.25, -0.2) is 0 Å². The number of ether oxygens (including phenoxy) is 3. The number of amides is 1. The number of hydrogen-bond donors (Lipinski definition) is 2. The van der Waals surface area contributed by atoms with E-state index in [-0.39, 0.29) is 11.0 Å². The molecule has 0 bridgehead atoms. The molecule has 0 fully saturated rings. The van der Waals surface area contributed by atoms with Gasteiger partial charge in [-0.2, -0.15) is 0 Å². The summed E-state index contributed by atoms with van der Waals surface area (Å²) >= 11 is 5.16. The molecule has 0 unspecified atom stereocenters. The lowest BCUT2D eigenvalue weighted by atomic mass is 10.2. The maximum atomic E-state index is 12.0. The van der Waals surface area contributed by atoms with Crippen molar-refractivity contribution in [2.75, 3.05) is 26.1 Å². The number of rotatable bonds is 7. The molecule has 0 aliphatic heterocycles. The molecule has 0 radical (unpaired) electrons. The van der Waals surface area contributed by atoms with E-state index in [2.05, 4.69) is 10.6 Å². The van der Waals surface area contributed by atoms with Gasteiger partial charge < -0.3 is 19.5 Å². The Bertz CT molecular complexity index is 819. The summed E-state index contributed by atoms with van der Waals surface area (Å²) in [5.74, 6) is 1.63. The molecule has 0 spiro atoms. The van der Waals surface area contributed by atoms with Crippen LogP contribution < -0.4 is 24.8 Å². The first-order valence-electron chi connectivity index (χ1n) is 8.30. The largest absolute Gasteiger partial charge is 0.494 e. The number of anilines is 1. The number of methoxy groups -OCH3 is 2. The monoisotopic (exact) mass is 386 g/mol. The zero-order valence-electron chi connectivity index (χ0n) is 15.4. The van der Waals surface area contributed by atoms with Crippen LogP contribution in [0.15, 0.2) is 48.5 Å². The summed E-state index contributed by atoms with van der Waals surface area (Å²) in [5.41, 5.74) is 1.56. The highest BCUT2D eigenvalue weighted by Crippen LogP contribution is 2.29. The molecule has 2 aromatic rings. The van der Waals surface area contributed by atoms with Crippen LogP contribution >= 0.6 is 12.2 Å². The van der Waals surface area contributed by atoms with Crippen molar-refractivity contribution >= 4 is 35.0 Å². The SMILES string of the molecule is CCOc1ccc(/C=C/C(=O)NC(=S)Nc2ccc(OC)c(OC)c2)cc1. The highest BCUT2D eigenvalue weighted by atomic mass is 32.1. The molecule has 1 amide bonds. The molecular formula is C20H22N2O4S. The van der Waals surface area contributed by atoms with Crippen LogP contribution in [0, 0.1) is 0 Å². The molecular weight excluding hydrogens is 364 g/mol. The van der Waals surface area contributed by atoms with Gasteiger partial charge in [0.05, 0.1) is 20.8 Å². The summed E-state index contributed by atoms with van der Waals surface area (Å²) in [6.07, 6.45) is 3.11. The van der Waals surface area contributed by atoms with Crippen LogP contribution in [0.4, 0.5) is 5.69 Å². The predicted molar refractivity (Wildman–Crippen MR) is 111 cm³/mol. The van der Waals surface area contributed by atoms with Gasteiger partial charge in [0.15, 0.2) is 16.6 Å². The Morgan fingerprint density at radius 2 is 1.78 bits per heavy atom. The van der Waals surface area contributed by atoms with Crippen molar-refractivity contribution in [1.29, 1.82) is 0 Å². The van der Waals surface area contributed by atoms with Gasteiger partial charge in [0.1, 0.15) is 5.75 Å². The molecule has 6 nitrogen and oxygen atoms in total. The Balaban J connectivity index is 1.90. The smallest absolute Gasteiger partial charge is 0.250 e. The number of benzene rings is 2. The van der Waals surface area contributed by atoms with E-state index in [9.17, 15) is 4.79 Å². The van der Waals surface area contributed by atoms with Crippen LogP contribution in [0.5, 0.6) is 17.2 Å². The summed E-state index contributed by atoms with van der Waals surface area (Å²) in [7, 11) is 3.11. The highest BCUT2D eigenvalue weighted by molar-refractivity contribution is 7.80. The minimum Gasteiger partial charge on any atom is -0.494 e. The fourth-order valence-electron chi connectivity index (χ4n) is 2.24. The lowest BCUT2D eigenvalue weighted by Crippen LogP contribution is -2.32. The molecule has 142 valence electrons. The van der Waals surface area contributed by atoms with E-state index in [1.54, 1.807) is 38.5 Å². The topological polar surface area (TPSA) is 68.8 Å². The van der Waals surface area contributed by atoms with Crippen LogP contribution in [0.1, 0.15) is 12.5 Å². The lowest BCUT2D eigenvalue weighted by Gasteiger charge is -2.12. The first-order chi connectivity index (χ1) is 13.0. The summed E-state index contributed by atoms with van der Waals surface area (Å²) in [4.78, 5) is 12.0. The van der Waals surface area contributed by atoms with Gasteiger partial charge in [0, 0.05) is 17.8 Å². The van der Waals surface area contributed by atoms with E-state index in [0.29, 0.717) is 23.8 Å². The molecule has 2 aromatic carbocycles. The van der Waals surface area contributed by atoms with Crippen LogP contribution in [-0.2, 0) is 4.79 Å². The minimum atomic E-state index is -0.332. The molecule has 0 aromatic heterocycles. The Morgan fingerprint density at radius 1 is 1.07 bits per heavy atom. The normalized spacial score (nSPS) is 10.3. The van der Waals surface area contributed by atoms with E-state index in [1.165, 1.54) is 6.08 Å². The summed E-state index contributed by atoms with van der Waals surface area (Å²) < 4.78 is 15.8. The summed E-state index contributed by atoms with van der Waals surface area (Å²) in [6, 6.07) is 12.7. The van der Waals surface area contributed by atoms with E-state index in [0.717, 1.165) is 11.3 Å². The quantitative estimate of drug-likeness (QED) is 0.559. The van der Waals surface area contributed by atoms with Gasteiger partial charge in [-0.05, 0) is 55.0 Å². The summed E-state index contributed by atoms with van der Waals surface area (Å²) in [6.45, 7) is 2.54. The third-order valence-corrected chi connectivity index (χ3v) is 3.70. The van der Waals surface area contributed by atoms with E-state index in [1.807, 2.05) is 31.2 Å². The highest BCUT2D eigenvalue weighted by Gasteiger charge is 2.07. The average Bonchev–Trinajstić information content (AvgIpc) is 2.67. The van der Waals surface area contributed by atoms with Gasteiger partial charge in [-0.15, -0.1) is 0 Å². The molecule has 0 aliphatic carbocycles. The molecule has 27 heavy (non-hydrogen) atoms. The van der Waals surface area contributed by atoms with Gasteiger partial charge in [0.25, 0.3) is 0 Å². The first kappa shape index (κ1) is 20.3. The molecule has 7 heteroatoms. The molecule has 0 saturated heterocycles. The van der Waals surface area contributed by atoms with Gasteiger partial charge in [0.2, 0.25) is 5.91 Å². The number of nitrogens with one attached hydrogen (secondary N) is 2. The fourth-order valence-corrected chi connectivity index (χ4v) is 2.46. The molecule has 0 aliphatic rings. The zero-order chi connectivity index (χ0) is 19.6. The Morgan fingerprint density at radius 3 is 2.41 bits per heavy atom.